The number of hydrogen-bond donors (Lipinski definition) is 1. The summed E-state index contributed by atoms with van der Waals surface area (Å²) >= 11 is 0. The van der Waals surface area contributed by atoms with Gasteiger partial charge in [-0.2, -0.15) is 0 Å². The summed E-state index contributed by atoms with van der Waals surface area (Å²) in [6.07, 6.45) is -3.64. The molecule has 0 spiro atoms. The largest absolute Gasteiger partial charge is 0.481 e. The van der Waals surface area contributed by atoms with E-state index < -0.39 is 36.7 Å². The third-order valence-electron chi connectivity index (χ3n) is 2.27. The minimum Gasteiger partial charge on any atom is -0.481 e. The molecule has 0 aromatic rings. The molecule has 0 aromatic carbocycles. The number of amides is 1. The molecule has 0 saturated carbocycles. The van der Waals surface area contributed by atoms with Gasteiger partial charge in [-0.25, -0.2) is 13.6 Å². The number of nitrogens with zero attached hydrogens (tertiary/aromatic N) is 1. The lowest BCUT2D eigenvalue weighted by atomic mass is 10.1. The first kappa shape index (κ1) is 17.6. The van der Waals surface area contributed by atoms with Crippen LogP contribution in [0.5, 0.6) is 0 Å². The monoisotopic (exact) mass is 281 g/mol. The molecule has 112 valence electrons. The van der Waals surface area contributed by atoms with Crippen molar-refractivity contribution < 1.29 is 28.2 Å². The van der Waals surface area contributed by atoms with E-state index in [4.69, 9.17) is 9.84 Å². The van der Waals surface area contributed by atoms with Crippen molar-refractivity contribution in [3.63, 3.8) is 0 Å². The number of aliphatic carboxylic acids is 1. The second-order valence-corrected chi connectivity index (χ2v) is 5.31. The lowest BCUT2D eigenvalue weighted by Gasteiger charge is -2.31. The number of rotatable bonds is 6. The Morgan fingerprint density at radius 1 is 1.32 bits per heavy atom. The molecule has 0 radical (unpaired) electrons. The molecule has 7 heteroatoms. The van der Waals surface area contributed by atoms with Crippen LogP contribution in [-0.2, 0) is 9.53 Å². The maximum absolute atomic E-state index is 12.5. The Bertz CT molecular complexity index is 315. The Labute approximate surface area is 111 Å². The molecule has 0 aliphatic carbocycles. The number of halogens is 2. The topological polar surface area (TPSA) is 66.8 Å². The van der Waals surface area contributed by atoms with Crippen LogP contribution in [-0.4, -0.2) is 46.7 Å². The molecule has 0 fully saturated rings. The Balaban J connectivity index is 4.69. The first-order chi connectivity index (χ1) is 8.53. The fraction of sp³-hybridized carbons (Fsp3) is 0.833. The van der Waals surface area contributed by atoms with Crippen molar-refractivity contribution in [1.29, 1.82) is 0 Å². The number of carboxylic acid groups (broad SMARTS) is 1. The normalized spacial score (nSPS) is 13.2. The zero-order valence-electron chi connectivity index (χ0n) is 11.7. The summed E-state index contributed by atoms with van der Waals surface area (Å²) in [4.78, 5) is 23.1. The minimum absolute atomic E-state index is 0.0985. The molecule has 19 heavy (non-hydrogen) atoms. The third kappa shape index (κ3) is 8.34. The Morgan fingerprint density at radius 3 is 2.21 bits per heavy atom. The van der Waals surface area contributed by atoms with Crippen LogP contribution in [0, 0.1) is 0 Å². The SMILES string of the molecule is CC(CCC(=O)O)N(CC(F)F)C(=O)OC(C)(C)C. The summed E-state index contributed by atoms with van der Waals surface area (Å²) in [5.74, 6) is -1.03. The quantitative estimate of drug-likeness (QED) is 0.813. The highest BCUT2D eigenvalue weighted by molar-refractivity contribution is 5.69. The molecule has 5 nitrogen and oxygen atoms in total. The molecule has 0 saturated heterocycles. The van der Waals surface area contributed by atoms with Gasteiger partial charge in [-0.05, 0) is 34.1 Å². The number of carboxylic acids is 1. The number of hydrogen-bond acceptors (Lipinski definition) is 3. The van der Waals surface area contributed by atoms with Gasteiger partial charge in [0, 0.05) is 12.5 Å². The van der Waals surface area contributed by atoms with Gasteiger partial charge in [-0.1, -0.05) is 0 Å². The molecule has 1 N–H and O–H groups in total. The summed E-state index contributed by atoms with van der Waals surface area (Å²) in [6.45, 7) is 5.65. The van der Waals surface area contributed by atoms with E-state index in [-0.39, 0.29) is 12.8 Å². The second-order valence-electron chi connectivity index (χ2n) is 5.31. The van der Waals surface area contributed by atoms with Gasteiger partial charge in [0.2, 0.25) is 0 Å². The zero-order valence-corrected chi connectivity index (χ0v) is 11.7. The van der Waals surface area contributed by atoms with Gasteiger partial charge in [0.1, 0.15) is 5.60 Å². The van der Waals surface area contributed by atoms with Gasteiger partial charge in [0.25, 0.3) is 6.43 Å². The van der Waals surface area contributed by atoms with E-state index in [0.29, 0.717) is 0 Å². The Kier molecular flexibility index (Phi) is 6.72. The van der Waals surface area contributed by atoms with Gasteiger partial charge in [0.05, 0.1) is 6.54 Å². The average molecular weight is 281 g/mol. The van der Waals surface area contributed by atoms with E-state index in [1.165, 1.54) is 6.92 Å². The molecule has 1 unspecified atom stereocenters. The number of carbonyl (C=O) groups excluding carboxylic acids is 1. The molecular weight excluding hydrogens is 260 g/mol. The van der Waals surface area contributed by atoms with Crippen LogP contribution in [0.4, 0.5) is 13.6 Å². The number of ether oxygens (including phenoxy) is 1. The molecule has 0 aliphatic rings. The summed E-state index contributed by atoms with van der Waals surface area (Å²) in [6, 6.07) is -0.625. The van der Waals surface area contributed by atoms with E-state index in [9.17, 15) is 18.4 Å². The highest BCUT2D eigenvalue weighted by atomic mass is 19.3. The summed E-state index contributed by atoms with van der Waals surface area (Å²) in [7, 11) is 0. The second kappa shape index (κ2) is 7.25. The van der Waals surface area contributed by atoms with E-state index in [1.54, 1.807) is 20.8 Å². The standard InChI is InChI=1S/C12H21F2NO4/c1-8(5-6-10(16)17)15(7-9(13)14)11(18)19-12(2,3)4/h8-9H,5-7H2,1-4H3,(H,16,17). The minimum atomic E-state index is -2.69. The molecule has 1 amide bonds. The summed E-state index contributed by atoms with van der Waals surface area (Å²) in [5.41, 5.74) is -0.788. The summed E-state index contributed by atoms with van der Waals surface area (Å²) < 4.78 is 30.0. The van der Waals surface area contributed by atoms with Crippen LogP contribution in [0.1, 0.15) is 40.5 Å². The van der Waals surface area contributed by atoms with Crippen molar-refractivity contribution in [3.05, 3.63) is 0 Å². The van der Waals surface area contributed by atoms with Gasteiger partial charge in [0.15, 0.2) is 0 Å². The van der Waals surface area contributed by atoms with Crippen LogP contribution in [0.25, 0.3) is 0 Å². The van der Waals surface area contributed by atoms with Crippen LogP contribution in [0.2, 0.25) is 0 Å². The third-order valence-corrected chi connectivity index (χ3v) is 2.27. The predicted molar refractivity (Wildman–Crippen MR) is 65.3 cm³/mol. The zero-order chi connectivity index (χ0) is 15.2. The highest BCUT2D eigenvalue weighted by Gasteiger charge is 2.28. The van der Waals surface area contributed by atoms with Crippen molar-refractivity contribution in [3.8, 4) is 0 Å². The fourth-order valence-corrected chi connectivity index (χ4v) is 1.39. The van der Waals surface area contributed by atoms with Crippen molar-refractivity contribution in [1.82, 2.24) is 4.90 Å². The molecule has 1 atom stereocenters. The molecular formula is C12H21F2NO4. The lowest BCUT2D eigenvalue weighted by molar-refractivity contribution is -0.137. The highest BCUT2D eigenvalue weighted by Crippen LogP contribution is 2.15. The maximum Gasteiger partial charge on any atom is 0.410 e. The van der Waals surface area contributed by atoms with E-state index in [2.05, 4.69) is 0 Å². The molecule has 0 rings (SSSR count). The van der Waals surface area contributed by atoms with E-state index in [1.807, 2.05) is 0 Å². The van der Waals surface area contributed by atoms with Crippen LogP contribution < -0.4 is 0 Å². The maximum atomic E-state index is 12.5. The predicted octanol–water partition coefficient (Wildman–Crippen LogP) is 2.74. The van der Waals surface area contributed by atoms with E-state index in [0.717, 1.165) is 4.90 Å². The molecule has 0 bridgehead atoms. The van der Waals surface area contributed by atoms with Crippen LogP contribution in [0.3, 0.4) is 0 Å². The first-order valence-corrected chi connectivity index (χ1v) is 6.02. The Hall–Kier alpha value is -1.40. The van der Waals surface area contributed by atoms with Gasteiger partial charge >= 0.3 is 12.1 Å². The molecule has 0 heterocycles. The van der Waals surface area contributed by atoms with Crippen molar-refractivity contribution >= 4 is 12.1 Å². The number of alkyl halides is 2. The van der Waals surface area contributed by atoms with Gasteiger partial charge in [-0.15, -0.1) is 0 Å². The smallest absolute Gasteiger partial charge is 0.410 e. The van der Waals surface area contributed by atoms with Crippen LogP contribution in [0.15, 0.2) is 0 Å². The lowest BCUT2D eigenvalue weighted by Crippen LogP contribution is -2.44. The molecule has 0 aliphatic heterocycles. The van der Waals surface area contributed by atoms with E-state index >= 15 is 0 Å². The van der Waals surface area contributed by atoms with Crippen molar-refractivity contribution in [2.75, 3.05) is 6.54 Å². The first-order valence-electron chi connectivity index (χ1n) is 6.02. The van der Waals surface area contributed by atoms with Crippen molar-refractivity contribution in [2.24, 2.45) is 0 Å². The number of carbonyl (C=O) groups is 2. The summed E-state index contributed by atoms with van der Waals surface area (Å²) in [5, 5.41) is 8.57. The molecule has 0 aromatic heterocycles. The van der Waals surface area contributed by atoms with Crippen molar-refractivity contribution in [2.45, 2.75) is 58.6 Å². The van der Waals surface area contributed by atoms with Gasteiger partial charge < -0.3 is 9.84 Å². The van der Waals surface area contributed by atoms with Crippen LogP contribution >= 0.6 is 0 Å². The fourth-order valence-electron chi connectivity index (χ4n) is 1.39. The Morgan fingerprint density at radius 2 is 1.84 bits per heavy atom. The average Bonchev–Trinajstić information content (AvgIpc) is 2.19. The van der Waals surface area contributed by atoms with Gasteiger partial charge in [-0.3, -0.25) is 9.69 Å².